The number of hydrogen-bond acceptors (Lipinski definition) is 28. The lowest BCUT2D eigenvalue weighted by molar-refractivity contribution is 0.0809. The number of aryl methyl sites for hydroxylation is 5. The standard InChI is InChI=1S/C20H16N2O3.2C19H14N2O3.C19H13NO4.C18H11ClN2O3.C13H9NO3/c1-12-7-9-13(10-8-12)22(2)11-16-21-17-19(24)18(23)14-5-3-4-6-15(14)20(17)25-16;2*1-11-6-8-12(9-7-11)20-10-15-21-16-18(23)17(22)13-4-2-3-5-14(13)19(16)24-15;1-11-6-8-12(9-7-11)10-20-15-17(22)16(21)13-4-2-3-5-14(13)18(15)24-19(20)23;19-10-4-3-5-11(8-10)20-9-14-21-15-17(23)16(22)12-6-1-2-7-13(12)18(15)24-14;1-2-9-14-10-12(16)11(15)7-5-3-4-6-8(7)13(10)17-9/h3-10H,11H2,1-2H3;2*2-9,20H,10H2,1H3;2-9H,10H2,1H3;1-8,20H,9H2;3-6H,2H2,1H3. The number of aromatic nitrogens is 6. The number of halogens is 1. The van der Waals surface area contributed by atoms with E-state index in [-0.39, 0.29) is 58.6 Å². The van der Waals surface area contributed by atoms with Gasteiger partial charge in [-0.25, -0.2) is 29.7 Å². The maximum Gasteiger partial charge on any atom is 0.420 e. The van der Waals surface area contributed by atoms with Gasteiger partial charge in [-0.05, 0) is 87.9 Å². The number of nitrogens with one attached hydrogen (secondary N) is 3. The quantitative estimate of drug-likeness (QED) is 0.0802. The first-order chi connectivity index (χ1) is 66.7. The molecule has 0 atom stereocenters. The topological polar surface area (TPSA) is 409 Å². The van der Waals surface area contributed by atoms with E-state index >= 15 is 0 Å². The SMILES string of the molecule is CCc1nc2c(o1)-c1ccccc1C(=O)C2=O.Cc1ccc(Cn2c3c(oc2=O)-c2ccccc2C(=O)C3=O)cc1.Cc1ccc(N(C)Cc2nc3c(o2)-c2ccccc2C(=O)C3=O)cc1.Cc1ccc(NCc2nc3c(o2)-c2ccccc2C(=O)C3=O)cc1.Cc1ccc(NCc2nc3c(o2)-c2ccccc2C(=O)C3=O)cc1.O=C1C(=O)c2nc(CNc3cccc(Cl)c3)oc2-c2ccccc21. The number of benzene rings is 11. The molecule has 0 saturated carbocycles. The van der Waals surface area contributed by atoms with Crippen LogP contribution in [0.1, 0.15) is 189 Å². The third-order valence-corrected chi connectivity index (χ3v) is 23.4. The van der Waals surface area contributed by atoms with Crippen molar-refractivity contribution in [3.05, 3.63) is 407 Å². The fourth-order valence-electron chi connectivity index (χ4n) is 16.0. The average Bonchev–Trinajstić information content (AvgIpc) is 1.58. The Morgan fingerprint density at radius 1 is 0.290 bits per heavy atom. The summed E-state index contributed by atoms with van der Waals surface area (Å²) in [5.74, 6) is -3.67. The molecule has 0 radical (unpaired) electrons. The molecular weight excluding hydrogens is 1780 g/mol. The summed E-state index contributed by atoms with van der Waals surface area (Å²) in [6.45, 7) is 11.4. The van der Waals surface area contributed by atoms with Crippen LogP contribution in [0.15, 0.2) is 298 Å². The van der Waals surface area contributed by atoms with Gasteiger partial charge in [-0.3, -0.25) is 62.1 Å². The molecule has 680 valence electrons. The predicted molar refractivity (Wildman–Crippen MR) is 509 cm³/mol. The largest absolute Gasteiger partial charge is 0.440 e. The van der Waals surface area contributed by atoms with Crippen LogP contribution in [0.4, 0.5) is 22.7 Å². The molecule has 6 heterocycles. The number of Topliss-reactive ketones (excluding diaryl/α,β-unsaturated/α-hetero) is 12. The van der Waals surface area contributed by atoms with Crippen LogP contribution in [0.2, 0.25) is 5.02 Å². The molecule has 29 nitrogen and oxygen atoms in total. The van der Waals surface area contributed by atoms with Gasteiger partial charge in [-0.15, -0.1) is 0 Å². The van der Waals surface area contributed by atoms with Crippen molar-refractivity contribution >= 4 is 104 Å². The van der Waals surface area contributed by atoms with Crippen molar-refractivity contribution in [2.45, 2.75) is 73.8 Å². The number of hydrogen-bond donors (Lipinski definition) is 3. The van der Waals surface area contributed by atoms with Gasteiger partial charge in [0.2, 0.25) is 58.3 Å². The summed E-state index contributed by atoms with van der Waals surface area (Å²) < 4.78 is 35.1. The molecule has 6 aliphatic carbocycles. The van der Waals surface area contributed by atoms with Crippen LogP contribution >= 0.6 is 11.6 Å². The first-order valence-corrected chi connectivity index (χ1v) is 43.9. The van der Waals surface area contributed by atoms with Crippen molar-refractivity contribution in [2.24, 2.45) is 0 Å². The number of ketones is 12. The van der Waals surface area contributed by atoms with Crippen LogP contribution in [-0.4, -0.2) is 106 Å². The zero-order chi connectivity index (χ0) is 96.4. The molecule has 6 aromatic heterocycles. The molecule has 6 aliphatic rings. The third kappa shape index (κ3) is 18.1. The Bertz CT molecular complexity index is 7780. The molecule has 0 saturated heterocycles. The van der Waals surface area contributed by atoms with Gasteiger partial charge >= 0.3 is 5.76 Å². The average molecular weight is 1850 g/mol. The number of carbonyl (C=O) groups excluding carboxylic acids is 12. The van der Waals surface area contributed by atoms with Crippen LogP contribution in [0.25, 0.3) is 67.9 Å². The zero-order valence-corrected chi connectivity index (χ0v) is 75.2. The van der Waals surface area contributed by atoms with E-state index < -0.39 is 75.2 Å². The summed E-state index contributed by atoms with van der Waals surface area (Å²) >= 11 is 5.94. The molecule has 0 spiro atoms. The fraction of sp³-hybridized carbons (Fsp3) is 0.111. The first-order valence-electron chi connectivity index (χ1n) is 43.5. The third-order valence-electron chi connectivity index (χ3n) is 23.1. The van der Waals surface area contributed by atoms with E-state index in [0.29, 0.717) is 151 Å². The predicted octanol–water partition coefficient (Wildman–Crippen LogP) is 20.1. The lowest BCUT2D eigenvalue weighted by Gasteiger charge is -2.17. The Labute approximate surface area is 789 Å². The summed E-state index contributed by atoms with van der Waals surface area (Å²) in [6, 6.07) is 80.1. The number of oxazole rings is 6. The van der Waals surface area contributed by atoms with Crippen LogP contribution in [0, 0.1) is 27.7 Å². The Balaban J connectivity index is 0.000000110. The van der Waals surface area contributed by atoms with Crippen molar-refractivity contribution in [3.8, 4) is 67.9 Å². The van der Waals surface area contributed by atoms with E-state index in [9.17, 15) is 62.3 Å². The molecule has 0 bridgehead atoms. The minimum atomic E-state index is -0.707. The van der Waals surface area contributed by atoms with E-state index in [4.69, 9.17) is 38.1 Å². The van der Waals surface area contributed by atoms with Gasteiger partial charge in [0.15, 0.2) is 68.9 Å². The normalized spacial score (nSPS) is 12.8. The monoisotopic (exact) mass is 1850 g/mol. The van der Waals surface area contributed by atoms with Crippen molar-refractivity contribution in [1.29, 1.82) is 0 Å². The number of carbonyl (C=O) groups is 12. The van der Waals surface area contributed by atoms with Crippen molar-refractivity contribution in [1.82, 2.24) is 29.5 Å². The second kappa shape index (κ2) is 38.3. The molecule has 3 N–H and O–H groups in total. The number of rotatable bonds is 15. The highest BCUT2D eigenvalue weighted by Gasteiger charge is 2.42. The molecule has 0 fully saturated rings. The Kier molecular flexibility index (Phi) is 25.1. The first kappa shape index (κ1) is 90.5. The van der Waals surface area contributed by atoms with Gasteiger partial charge in [0, 0.05) is 108 Å². The lowest BCUT2D eigenvalue weighted by atomic mass is 9.91. The van der Waals surface area contributed by atoms with Gasteiger partial charge in [0.05, 0.1) is 32.7 Å². The maximum atomic E-state index is 12.5. The van der Waals surface area contributed by atoms with Crippen LogP contribution < -0.4 is 26.6 Å². The highest BCUT2D eigenvalue weighted by Crippen LogP contribution is 2.41. The molecule has 23 rings (SSSR count). The molecule has 30 heteroatoms. The van der Waals surface area contributed by atoms with Gasteiger partial charge in [-0.1, -0.05) is 253 Å². The van der Waals surface area contributed by atoms with Gasteiger partial charge in [0.25, 0.3) is 34.7 Å². The highest BCUT2D eigenvalue weighted by molar-refractivity contribution is 6.55. The van der Waals surface area contributed by atoms with Crippen molar-refractivity contribution in [2.75, 3.05) is 27.9 Å². The summed E-state index contributed by atoms with van der Waals surface area (Å²) in [4.78, 5) is 181. The highest BCUT2D eigenvalue weighted by atomic mass is 35.5. The molecule has 0 aliphatic heterocycles. The van der Waals surface area contributed by atoms with E-state index in [0.717, 1.165) is 33.9 Å². The van der Waals surface area contributed by atoms with E-state index in [2.05, 4.69) is 40.9 Å². The van der Waals surface area contributed by atoms with Crippen LogP contribution in [-0.2, 0) is 39.1 Å². The smallest absolute Gasteiger partial charge is 0.420 e. The summed E-state index contributed by atoms with van der Waals surface area (Å²) in [5.41, 5.74) is 15.4. The fourth-order valence-corrected chi connectivity index (χ4v) is 16.2. The van der Waals surface area contributed by atoms with Crippen molar-refractivity contribution in [3.63, 3.8) is 0 Å². The molecule has 0 amide bonds. The molecule has 11 aromatic carbocycles. The minimum absolute atomic E-state index is 0.0317. The Hall–Kier alpha value is -18.0. The summed E-state index contributed by atoms with van der Waals surface area (Å²) in [5, 5.41) is 10.1. The number of anilines is 4. The minimum Gasteiger partial charge on any atom is -0.440 e. The molecule has 17 aromatic rings. The Morgan fingerprint density at radius 3 is 0.913 bits per heavy atom. The molecule has 0 unspecified atom stereocenters. The van der Waals surface area contributed by atoms with Gasteiger partial charge in [0.1, 0.15) is 5.69 Å². The lowest BCUT2D eigenvalue weighted by Crippen LogP contribution is -2.27. The van der Waals surface area contributed by atoms with E-state index in [1.165, 1.54) is 21.3 Å². The number of fused-ring (bicyclic) bond motifs is 18. The van der Waals surface area contributed by atoms with Crippen LogP contribution in [0.3, 0.4) is 0 Å². The van der Waals surface area contributed by atoms with Gasteiger partial charge < -0.3 is 47.4 Å². The van der Waals surface area contributed by atoms with E-state index in [1.54, 1.807) is 152 Å². The summed E-state index contributed by atoms with van der Waals surface area (Å²) in [6.07, 6.45) is 0.594. The molecular formula is C108H77ClN10O19. The maximum absolute atomic E-state index is 12.5. The van der Waals surface area contributed by atoms with E-state index in [1.807, 2.05) is 162 Å². The van der Waals surface area contributed by atoms with Crippen molar-refractivity contribution < 1.29 is 84.0 Å². The summed E-state index contributed by atoms with van der Waals surface area (Å²) in [7, 11) is 1.93. The molecule has 138 heavy (non-hydrogen) atoms. The Morgan fingerprint density at radius 2 is 0.572 bits per heavy atom. The zero-order valence-electron chi connectivity index (χ0n) is 74.4. The number of nitrogens with zero attached hydrogens (tertiary/aromatic N) is 7. The second-order valence-electron chi connectivity index (χ2n) is 32.6. The van der Waals surface area contributed by atoms with Gasteiger partial charge in [-0.2, -0.15) is 0 Å². The second-order valence-corrected chi connectivity index (χ2v) is 33.1. The van der Waals surface area contributed by atoms with Crippen LogP contribution in [0.5, 0.6) is 0 Å².